The maximum atomic E-state index is 12.8. The Hall–Kier alpha value is -2.03. The monoisotopic (exact) mass is 923 g/mol. The number of nitrogens with zero attached hydrogens (tertiary/aromatic N) is 1. The summed E-state index contributed by atoms with van der Waals surface area (Å²) in [7, 11) is 1.47. The number of quaternary nitrogens is 1. The van der Waals surface area contributed by atoms with Crippen molar-refractivity contribution in [2.45, 2.75) is 238 Å². The van der Waals surface area contributed by atoms with E-state index in [9.17, 15) is 19.0 Å². The van der Waals surface area contributed by atoms with Crippen molar-refractivity contribution >= 4 is 19.8 Å². The van der Waals surface area contributed by atoms with Crippen LogP contribution >= 0.6 is 7.82 Å². The molecule has 0 rings (SSSR count). The fourth-order valence-electron chi connectivity index (χ4n) is 7.30. The summed E-state index contributed by atoms with van der Waals surface area (Å²) in [4.78, 5) is 35.6. The number of likely N-dealkylation sites (N-methyl/N-ethyl adjacent to an activating group) is 1. The lowest BCUT2D eigenvalue weighted by Gasteiger charge is -2.24. The number of phosphoric acid groups is 1. The number of carbonyl (C=O) groups excluding carboxylic acids is 2. The Bertz CT molecular complexity index is 1230. The van der Waals surface area contributed by atoms with Crippen LogP contribution in [0.25, 0.3) is 0 Å². The molecule has 0 fully saturated rings. The first kappa shape index (κ1) is 62.0. The van der Waals surface area contributed by atoms with Crippen molar-refractivity contribution in [3.05, 3.63) is 48.6 Å². The first-order valence-corrected chi connectivity index (χ1v) is 27.9. The van der Waals surface area contributed by atoms with Gasteiger partial charge in [0.05, 0.1) is 27.7 Å². The van der Waals surface area contributed by atoms with Gasteiger partial charge < -0.3 is 18.9 Å². The van der Waals surface area contributed by atoms with Crippen molar-refractivity contribution in [1.29, 1.82) is 0 Å². The van der Waals surface area contributed by atoms with E-state index < -0.39 is 26.5 Å². The van der Waals surface area contributed by atoms with Crippen molar-refractivity contribution in [3.8, 4) is 0 Å². The van der Waals surface area contributed by atoms with Crippen LogP contribution in [0.15, 0.2) is 48.6 Å². The van der Waals surface area contributed by atoms with Gasteiger partial charge in [-0.3, -0.25) is 18.6 Å². The number of esters is 2. The minimum absolute atomic E-state index is 0.0284. The lowest BCUT2D eigenvalue weighted by Crippen LogP contribution is -2.37. The average molecular weight is 923 g/mol. The molecule has 0 bridgehead atoms. The summed E-state index contributed by atoms with van der Waals surface area (Å²) < 4.78 is 34.5. The minimum Gasteiger partial charge on any atom is -0.462 e. The molecule has 0 saturated carbocycles. The Morgan fingerprint density at radius 1 is 0.500 bits per heavy atom. The van der Waals surface area contributed by atoms with Gasteiger partial charge in [-0.15, -0.1) is 0 Å². The predicted molar refractivity (Wildman–Crippen MR) is 270 cm³/mol. The van der Waals surface area contributed by atoms with Gasteiger partial charge in [-0.2, -0.15) is 0 Å². The number of hydrogen-bond donors (Lipinski definition) is 1. The predicted octanol–water partition coefficient (Wildman–Crippen LogP) is 15.8. The molecule has 10 heteroatoms. The third-order valence-corrected chi connectivity index (χ3v) is 12.4. The van der Waals surface area contributed by atoms with Gasteiger partial charge in [0.2, 0.25) is 0 Å². The van der Waals surface area contributed by atoms with E-state index in [1.807, 2.05) is 21.1 Å². The number of carbonyl (C=O) groups is 2. The number of ether oxygens (including phenoxy) is 2. The number of allylic oxidation sites excluding steroid dienone is 8. The average Bonchev–Trinajstić information content (AvgIpc) is 3.25. The molecule has 0 aliphatic heterocycles. The van der Waals surface area contributed by atoms with E-state index in [4.69, 9.17) is 18.5 Å². The number of rotatable bonds is 48. The summed E-state index contributed by atoms with van der Waals surface area (Å²) in [6.45, 7) is 4.33. The van der Waals surface area contributed by atoms with Crippen LogP contribution < -0.4 is 0 Å². The molecular weight excluding hydrogens is 822 g/mol. The first-order valence-electron chi connectivity index (χ1n) is 26.4. The molecule has 2 unspecified atom stereocenters. The highest BCUT2D eigenvalue weighted by molar-refractivity contribution is 7.47. The molecule has 374 valence electrons. The lowest BCUT2D eigenvalue weighted by atomic mass is 10.0. The van der Waals surface area contributed by atoms with E-state index in [2.05, 4.69) is 62.5 Å². The Morgan fingerprint density at radius 3 is 1.33 bits per heavy atom. The van der Waals surface area contributed by atoms with E-state index >= 15 is 0 Å². The fraction of sp³-hybridized carbons (Fsp3) is 0.815. The molecule has 0 saturated heterocycles. The van der Waals surface area contributed by atoms with Crippen LogP contribution in [0.5, 0.6) is 0 Å². The summed E-state index contributed by atoms with van der Waals surface area (Å²) in [6.07, 6.45) is 55.9. The highest BCUT2D eigenvalue weighted by atomic mass is 31.2. The Labute approximate surface area is 394 Å². The largest absolute Gasteiger partial charge is 0.472 e. The molecular formula is C54H101NO8P+. The summed E-state index contributed by atoms with van der Waals surface area (Å²) in [5.41, 5.74) is 0. The summed E-state index contributed by atoms with van der Waals surface area (Å²) in [5, 5.41) is 0. The smallest absolute Gasteiger partial charge is 0.462 e. The Kier molecular flexibility index (Phi) is 44.6. The number of phosphoric ester groups is 1. The van der Waals surface area contributed by atoms with Gasteiger partial charge in [0.25, 0.3) is 0 Å². The second-order valence-corrected chi connectivity index (χ2v) is 20.3. The van der Waals surface area contributed by atoms with Gasteiger partial charge in [-0.1, -0.05) is 217 Å². The molecule has 0 aliphatic carbocycles. The maximum Gasteiger partial charge on any atom is 0.472 e. The van der Waals surface area contributed by atoms with Gasteiger partial charge in [0.15, 0.2) is 6.10 Å². The second-order valence-electron chi connectivity index (χ2n) is 18.9. The molecule has 0 aliphatic rings. The van der Waals surface area contributed by atoms with Gasteiger partial charge in [0, 0.05) is 12.8 Å². The molecule has 0 aromatic heterocycles. The molecule has 0 aromatic carbocycles. The zero-order valence-electron chi connectivity index (χ0n) is 42.3. The summed E-state index contributed by atoms with van der Waals surface area (Å²) in [5.74, 6) is -0.806. The molecule has 0 heterocycles. The van der Waals surface area contributed by atoms with Gasteiger partial charge in [-0.05, 0) is 51.4 Å². The van der Waals surface area contributed by atoms with E-state index in [-0.39, 0.29) is 32.0 Å². The molecule has 2 atom stereocenters. The third-order valence-electron chi connectivity index (χ3n) is 11.4. The van der Waals surface area contributed by atoms with E-state index in [0.29, 0.717) is 17.4 Å². The topological polar surface area (TPSA) is 108 Å². The summed E-state index contributed by atoms with van der Waals surface area (Å²) >= 11 is 0. The van der Waals surface area contributed by atoms with E-state index in [0.717, 1.165) is 83.5 Å². The van der Waals surface area contributed by atoms with Crippen LogP contribution in [0.3, 0.4) is 0 Å². The number of unbranched alkanes of at least 4 members (excludes halogenated alkanes) is 26. The zero-order chi connectivity index (χ0) is 47.1. The zero-order valence-corrected chi connectivity index (χ0v) is 43.2. The van der Waals surface area contributed by atoms with Gasteiger partial charge >= 0.3 is 19.8 Å². The van der Waals surface area contributed by atoms with Crippen molar-refractivity contribution in [1.82, 2.24) is 0 Å². The maximum absolute atomic E-state index is 12.8. The van der Waals surface area contributed by atoms with Crippen molar-refractivity contribution in [2.75, 3.05) is 47.5 Å². The lowest BCUT2D eigenvalue weighted by molar-refractivity contribution is -0.870. The van der Waals surface area contributed by atoms with E-state index in [1.165, 1.54) is 116 Å². The quantitative estimate of drug-likeness (QED) is 0.0211. The standard InChI is InChI=1S/C54H100NO8P/c1-6-8-10-12-14-16-18-20-22-24-26-27-29-30-32-34-36-38-40-42-44-46-53(56)60-50-52(51-62-64(58,59)61-49-48-55(3,4)5)63-54(57)47-45-43-41-39-37-35-33-31-28-25-23-21-19-17-15-13-11-9-7-2/h9,11,15,17,21,23,28,31,52H,6-8,10,12-14,16,18-20,22,24-27,29-30,32-51H2,1-5H3/p+1/b11-9-,17-15-,23-21-,31-28-. The molecule has 1 N–H and O–H groups in total. The van der Waals surface area contributed by atoms with Crippen molar-refractivity contribution in [3.63, 3.8) is 0 Å². The molecule has 0 radical (unpaired) electrons. The first-order chi connectivity index (χ1) is 31.0. The Morgan fingerprint density at radius 2 is 0.891 bits per heavy atom. The van der Waals surface area contributed by atoms with Gasteiger partial charge in [0.1, 0.15) is 19.8 Å². The van der Waals surface area contributed by atoms with E-state index in [1.54, 1.807) is 0 Å². The van der Waals surface area contributed by atoms with Crippen LogP contribution in [0.1, 0.15) is 232 Å². The van der Waals surface area contributed by atoms with Crippen LogP contribution in [-0.4, -0.2) is 74.9 Å². The molecule has 0 aromatic rings. The molecule has 0 spiro atoms. The summed E-state index contributed by atoms with van der Waals surface area (Å²) in [6, 6.07) is 0. The number of hydrogen-bond acceptors (Lipinski definition) is 7. The van der Waals surface area contributed by atoms with Crippen LogP contribution in [0, 0.1) is 0 Å². The minimum atomic E-state index is -4.39. The fourth-order valence-corrected chi connectivity index (χ4v) is 8.04. The third kappa shape index (κ3) is 49.4. The Balaban J connectivity index is 4.23. The highest BCUT2D eigenvalue weighted by Crippen LogP contribution is 2.43. The highest BCUT2D eigenvalue weighted by Gasteiger charge is 2.27. The molecule has 64 heavy (non-hydrogen) atoms. The molecule has 0 amide bonds. The van der Waals surface area contributed by atoms with Crippen molar-refractivity contribution < 1.29 is 42.1 Å². The van der Waals surface area contributed by atoms with Gasteiger partial charge in [-0.25, -0.2) is 4.57 Å². The second kappa shape index (κ2) is 46.1. The SMILES string of the molecule is CC/C=C\C/C=C\C/C=C\C/C=C\CCCCCCCCC(=O)OC(COC(=O)CCCCCCCCCCCCCCCCCCCCCCC)COP(=O)(O)OCC[N+](C)(C)C. The van der Waals surface area contributed by atoms with Crippen LogP contribution in [0.2, 0.25) is 0 Å². The van der Waals surface area contributed by atoms with Crippen molar-refractivity contribution in [2.24, 2.45) is 0 Å². The molecule has 9 nitrogen and oxygen atoms in total. The van der Waals surface area contributed by atoms with Crippen LogP contribution in [-0.2, 0) is 32.7 Å². The normalized spacial score (nSPS) is 13.8. The van der Waals surface area contributed by atoms with Crippen LogP contribution in [0.4, 0.5) is 0 Å².